The van der Waals surface area contributed by atoms with Crippen LogP contribution in [-0.4, -0.2) is 15.9 Å². The van der Waals surface area contributed by atoms with Crippen LogP contribution < -0.4 is 5.32 Å². The lowest BCUT2D eigenvalue weighted by atomic mass is 10.2. The number of hydrogen-bond donors (Lipinski definition) is 1. The van der Waals surface area contributed by atoms with Crippen molar-refractivity contribution in [3.63, 3.8) is 0 Å². The molecule has 0 saturated carbocycles. The fourth-order valence-corrected chi connectivity index (χ4v) is 5.19. The summed E-state index contributed by atoms with van der Waals surface area (Å²) in [6, 6.07) is 15.8. The van der Waals surface area contributed by atoms with Crippen molar-refractivity contribution in [2.45, 2.75) is 17.2 Å². The SMILES string of the molecule is O=C(NCc1nc(-c2ccncc2)cs1)c1ccccc1SCc1cccs1. The molecular formula is C21H17N3OS3. The molecule has 0 aliphatic carbocycles. The van der Waals surface area contributed by atoms with Crippen molar-refractivity contribution in [2.24, 2.45) is 0 Å². The summed E-state index contributed by atoms with van der Waals surface area (Å²) in [7, 11) is 0. The van der Waals surface area contributed by atoms with Gasteiger partial charge in [-0.15, -0.1) is 34.4 Å². The van der Waals surface area contributed by atoms with Crippen molar-refractivity contribution in [1.82, 2.24) is 15.3 Å². The molecule has 0 radical (unpaired) electrons. The van der Waals surface area contributed by atoms with Crippen molar-refractivity contribution >= 4 is 40.3 Å². The van der Waals surface area contributed by atoms with Gasteiger partial charge in [-0.3, -0.25) is 9.78 Å². The number of nitrogens with one attached hydrogen (secondary N) is 1. The van der Waals surface area contributed by atoms with Crippen LogP contribution >= 0.6 is 34.4 Å². The number of benzene rings is 1. The Morgan fingerprint density at radius 3 is 2.71 bits per heavy atom. The highest BCUT2D eigenvalue weighted by Crippen LogP contribution is 2.28. The summed E-state index contributed by atoms with van der Waals surface area (Å²) in [5, 5.41) is 7.95. The number of aromatic nitrogens is 2. The van der Waals surface area contributed by atoms with Gasteiger partial charge in [0.2, 0.25) is 0 Å². The topological polar surface area (TPSA) is 54.9 Å². The van der Waals surface area contributed by atoms with Crippen molar-refractivity contribution in [1.29, 1.82) is 0 Å². The smallest absolute Gasteiger partial charge is 0.252 e. The molecule has 0 aliphatic rings. The van der Waals surface area contributed by atoms with Gasteiger partial charge in [0.15, 0.2) is 0 Å². The third-order valence-electron chi connectivity index (χ3n) is 4.01. The predicted molar refractivity (Wildman–Crippen MR) is 117 cm³/mol. The average molecular weight is 424 g/mol. The summed E-state index contributed by atoms with van der Waals surface area (Å²) in [4.78, 5) is 23.7. The summed E-state index contributed by atoms with van der Waals surface area (Å²) >= 11 is 4.96. The number of thiophene rings is 1. The molecule has 0 fully saturated rings. The Morgan fingerprint density at radius 1 is 1.04 bits per heavy atom. The largest absolute Gasteiger partial charge is 0.345 e. The lowest BCUT2D eigenvalue weighted by Crippen LogP contribution is -2.23. The predicted octanol–water partition coefficient (Wildman–Crippen LogP) is 5.49. The van der Waals surface area contributed by atoms with Crippen LogP contribution in [0.5, 0.6) is 0 Å². The molecule has 0 unspecified atom stereocenters. The Kier molecular flexibility index (Phi) is 6.16. The minimum atomic E-state index is -0.0741. The van der Waals surface area contributed by atoms with E-state index in [-0.39, 0.29) is 5.91 Å². The number of amides is 1. The molecule has 1 aromatic carbocycles. The molecule has 1 N–H and O–H groups in total. The van der Waals surface area contributed by atoms with Gasteiger partial charge in [-0.25, -0.2) is 4.98 Å². The van der Waals surface area contributed by atoms with Crippen molar-refractivity contribution < 1.29 is 4.79 Å². The van der Waals surface area contributed by atoms with Crippen LogP contribution in [0.1, 0.15) is 20.2 Å². The first-order valence-electron chi connectivity index (χ1n) is 8.67. The number of rotatable bonds is 7. The molecule has 0 bridgehead atoms. The molecule has 28 heavy (non-hydrogen) atoms. The molecular weight excluding hydrogens is 406 g/mol. The average Bonchev–Trinajstić information content (AvgIpc) is 3.43. The highest BCUT2D eigenvalue weighted by molar-refractivity contribution is 7.98. The summed E-state index contributed by atoms with van der Waals surface area (Å²) < 4.78 is 0. The molecule has 4 aromatic rings. The molecule has 0 saturated heterocycles. The van der Waals surface area contributed by atoms with E-state index in [2.05, 4.69) is 26.7 Å². The van der Waals surface area contributed by atoms with E-state index in [9.17, 15) is 4.79 Å². The Morgan fingerprint density at radius 2 is 1.89 bits per heavy atom. The zero-order chi connectivity index (χ0) is 19.2. The second-order valence-corrected chi connectivity index (χ2v) is 8.90. The van der Waals surface area contributed by atoms with E-state index in [0.717, 1.165) is 26.9 Å². The van der Waals surface area contributed by atoms with Crippen LogP contribution in [0.25, 0.3) is 11.3 Å². The second kappa shape index (κ2) is 9.14. The van der Waals surface area contributed by atoms with Gasteiger partial charge in [-0.05, 0) is 35.7 Å². The number of carbonyl (C=O) groups excluding carboxylic acids is 1. The van der Waals surface area contributed by atoms with Crippen molar-refractivity contribution in [3.8, 4) is 11.3 Å². The normalized spacial score (nSPS) is 10.7. The molecule has 0 atom stereocenters. The number of thiazole rings is 1. The van der Waals surface area contributed by atoms with E-state index in [1.807, 2.05) is 47.8 Å². The van der Waals surface area contributed by atoms with E-state index in [1.54, 1.807) is 46.8 Å². The van der Waals surface area contributed by atoms with Crippen LogP contribution in [0, 0.1) is 0 Å². The van der Waals surface area contributed by atoms with E-state index in [4.69, 9.17) is 0 Å². The molecule has 4 nitrogen and oxygen atoms in total. The zero-order valence-electron chi connectivity index (χ0n) is 14.9. The van der Waals surface area contributed by atoms with Gasteiger partial charge >= 0.3 is 0 Å². The number of thioether (sulfide) groups is 1. The molecule has 0 aliphatic heterocycles. The third-order valence-corrected chi connectivity index (χ3v) is 7.04. The van der Waals surface area contributed by atoms with Gasteiger partial charge in [0.1, 0.15) is 5.01 Å². The van der Waals surface area contributed by atoms with Crippen molar-refractivity contribution in [3.05, 3.63) is 87.1 Å². The quantitative estimate of drug-likeness (QED) is 0.399. The molecule has 4 rings (SSSR count). The maximum atomic E-state index is 12.7. The fraction of sp³-hybridized carbons (Fsp3) is 0.0952. The number of hydrogen-bond acceptors (Lipinski definition) is 6. The van der Waals surface area contributed by atoms with E-state index >= 15 is 0 Å². The highest BCUT2D eigenvalue weighted by atomic mass is 32.2. The van der Waals surface area contributed by atoms with Crippen LogP contribution in [0.3, 0.4) is 0 Å². The maximum absolute atomic E-state index is 12.7. The van der Waals surface area contributed by atoms with Crippen LogP contribution in [0.4, 0.5) is 0 Å². The molecule has 7 heteroatoms. The summed E-state index contributed by atoms with van der Waals surface area (Å²) in [5.74, 6) is 0.791. The fourth-order valence-electron chi connectivity index (χ4n) is 2.62. The number of nitrogens with zero attached hydrogens (tertiary/aromatic N) is 2. The first-order chi connectivity index (χ1) is 13.8. The maximum Gasteiger partial charge on any atom is 0.252 e. The molecule has 0 spiro atoms. The Hall–Kier alpha value is -2.48. The monoisotopic (exact) mass is 423 g/mol. The number of carbonyl (C=O) groups is 1. The first kappa shape index (κ1) is 18.9. The summed E-state index contributed by atoms with van der Waals surface area (Å²) in [5.41, 5.74) is 2.64. The highest BCUT2D eigenvalue weighted by Gasteiger charge is 2.13. The van der Waals surface area contributed by atoms with Gasteiger partial charge in [-0.2, -0.15) is 0 Å². The Labute approximate surface area is 175 Å². The van der Waals surface area contributed by atoms with Gasteiger partial charge in [0, 0.05) is 38.9 Å². The minimum absolute atomic E-state index is 0.0741. The van der Waals surface area contributed by atoms with Gasteiger partial charge < -0.3 is 5.32 Å². The van der Waals surface area contributed by atoms with Gasteiger partial charge in [0.25, 0.3) is 5.91 Å². The third kappa shape index (κ3) is 4.67. The molecule has 3 aromatic heterocycles. The van der Waals surface area contributed by atoms with Crippen LogP contribution in [0.2, 0.25) is 0 Å². The van der Waals surface area contributed by atoms with Gasteiger partial charge in [-0.1, -0.05) is 18.2 Å². The van der Waals surface area contributed by atoms with Crippen molar-refractivity contribution in [2.75, 3.05) is 0 Å². The van der Waals surface area contributed by atoms with E-state index in [1.165, 1.54) is 4.88 Å². The number of pyridine rings is 1. The van der Waals surface area contributed by atoms with Crippen LogP contribution in [-0.2, 0) is 12.3 Å². The summed E-state index contributed by atoms with van der Waals surface area (Å²) in [6.07, 6.45) is 3.50. The molecule has 1 amide bonds. The molecule has 140 valence electrons. The van der Waals surface area contributed by atoms with E-state index < -0.39 is 0 Å². The molecule has 3 heterocycles. The standard InChI is InChI=1S/C21H17N3OS3/c25-21(17-5-1-2-6-19(17)27-13-16-4-3-11-26-16)23-12-20-24-18(14-28-20)15-7-9-22-10-8-15/h1-11,14H,12-13H2,(H,23,25). The Balaban J connectivity index is 1.40. The minimum Gasteiger partial charge on any atom is -0.345 e. The summed E-state index contributed by atoms with van der Waals surface area (Å²) in [6.45, 7) is 0.415. The second-order valence-electron chi connectivity index (χ2n) is 5.91. The lowest BCUT2D eigenvalue weighted by Gasteiger charge is -2.09. The van der Waals surface area contributed by atoms with Crippen LogP contribution in [0.15, 0.2) is 76.6 Å². The van der Waals surface area contributed by atoms with Gasteiger partial charge in [0.05, 0.1) is 17.8 Å². The Bertz CT molecular complexity index is 1050. The zero-order valence-corrected chi connectivity index (χ0v) is 17.3. The first-order valence-corrected chi connectivity index (χ1v) is 11.4. The van der Waals surface area contributed by atoms with E-state index in [0.29, 0.717) is 12.1 Å². The lowest BCUT2D eigenvalue weighted by molar-refractivity contribution is 0.0948.